The number of aliphatic imine (C=N–C) groups is 1. The molecular formula is C19H20N2O5Se. The predicted molar refractivity (Wildman–Crippen MR) is 105 cm³/mol. The number of rotatable bonds is 5. The van der Waals surface area contributed by atoms with Crippen LogP contribution < -0.4 is 24.0 Å². The van der Waals surface area contributed by atoms with Crippen molar-refractivity contribution in [3.63, 3.8) is 0 Å². The van der Waals surface area contributed by atoms with Crippen molar-refractivity contribution in [1.82, 2.24) is 0 Å². The van der Waals surface area contributed by atoms with Crippen molar-refractivity contribution in [1.29, 1.82) is 0 Å². The van der Waals surface area contributed by atoms with Crippen molar-refractivity contribution >= 4 is 36.7 Å². The first-order valence-electron chi connectivity index (χ1n) is 8.09. The number of carbonyl (C=O) groups is 1. The normalized spacial score (nSPS) is 13.2. The Morgan fingerprint density at radius 2 is 1.85 bits per heavy atom. The monoisotopic (exact) mass is 436 g/mol. The van der Waals surface area contributed by atoms with Crippen molar-refractivity contribution in [2.75, 3.05) is 33.2 Å². The summed E-state index contributed by atoms with van der Waals surface area (Å²) >= 11 is 0.152. The number of methoxy groups -OCH3 is 3. The van der Waals surface area contributed by atoms with Crippen molar-refractivity contribution in [3.8, 4) is 23.0 Å². The van der Waals surface area contributed by atoms with Crippen LogP contribution in [0.1, 0.15) is 11.1 Å². The number of ether oxygens (including phenoxy) is 3. The van der Waals surface area contributed by atoms with Crippen LogP contribution in [-0.2, 0) is 4.79 Å². The molecule has 0 fully saturated rings. The van der Waals surface area contributed by atoms with Gasteiger partial charge in [0, 0.05) is 0 Å². The van der Waals surface area contributed by atoms with E-state index in [9.17, 15) is 9.90 Å². The van der Waals surface area contributed by atoms with E-state index in [-0.39, 0.29) is 44.6 Å². The van der Waals surface area contributed by atoms with Crippen LogP contribution in [0, 0.1) is 0 Å². The fourth-order valence-corrected chi connectivity index (χ4v) is 4.23. The zero-order valence-electron chi connectivity index (χ0n) is 15.5. The number of hydrogen-bond donors (Lipinski definition) is 2. The number of hydrogen-bond acceptors (Lipinski definition) is 6. The summed E-state index contributed by atoms with van der Waals surface area (Å²) in [6.07, 6.45) is 0. The summed E-state index contributed by atoms with van der Waals surface area (Å²) in [6, 6.07) is 7.23. The molecule has 1 aliphatic heterocycles. The number of fused-ring (bicyclic) bond motifs is 1. The molecule has 1 heterocycles. The minimum absolute atomic E-state index is 0.0489. The molecule has 142 valence electrons. The quantitative estimate of drug-likeness (QED) is 0.550. The Hall–Kier alpha value is -2.70. The second kappa shape index (κ2) is 7.90. The number of phenolic OH excluding ortho intramolecular Hbond substituents is 1. The molecule has 2 N–H and O–H groups in total. The Bertz CT molecular complexity index is 902. The SMILES string of the molecule is COc1ccc2c(c1O)NC(=O)CN=C2c1cc(OC)c(OC)c([Se]C)c1. The van der Waals surface area contributed by atoms with Gasteiger partial charge in [-0.2, -0.15) is 0 Å². The number of benzodiazepines with no additional fused rings is 1. The van der Waals surface area contributed by atoms with E-state index in [1.807, 2.05) is 12.1 Å². The third-order valence-corrected chi connectivity index (χ3v) is 5.76. The summed E-state index contributed by atoms with van der Waals surface area (Å²) in [7, 11) is 4.65. The summed E-state index contributed by atoms with van der Waals surface area (Å²) in [6.45, 7) is -0.0489. The third kappa shape index (κ3) is 3.46. The van der Waals surface area contributed by atoms with Gasteiger partial charge in [-0.15, -0.1) is 0 Å². The molecule has 3 rings (SSSR count). The first kappa shape index (κ1) is 19.1. The molecule has 0 radical (unpaired) electrons. The second-order valence-electron chi connectivity index (χ2n) is 5.67. The minimum atomic E-state index is -0.310. The van der Waals surface area contributed by atoms with E-state index in [2.05, 4.69) is 16.1 Å². The number of carbonyl (C=O) groups excluding carboxylic acids is 1. The molecule has 2 aromatic rings. The molecule has 7 nitrogen and oxygen atoms in total. The fraction of sp³-hybridized carbons (Fsp3) is 0.263. The molecule has 0 spiro atoms. The van der Waals surface area contributed by atoms with E-state index < -0.39 is 0 Å². The van der Waals surface area contributed by atoms with Gasteiger partial charge in [0.05, 0.1) is 0 Å². The Morgan fingerprint density at radius 3 is 2.48 bits per heavy atom. The standard InChI is InChI=1S/C19H20N2O5Se/c1-24-12-6-5-11-16(20-9-15(22)21-17(11)18(12)23)10-7-13(25-2)19(26-3)14(8-10)27-4/h5-8,23H,9H2,1-4H3,(H,21,22). The van der Waals surface area contributed by atoms with Crippen molar-refractivity contribution in [2.24, 2.45) is 4.99 Å². The van der Waals surface area contributed by atoms with Crippen molar-refractivity contribution in [3.05, 3.63) is 35.4 Å². The van der Waals surface area contributed by atoms with Gasteiger partial charge in [-0.05, 0) is 0 Å². The van der Waals surface area contributed by atoms with Gasteiger partial charge in [0.25, 0.3) is 0 Å². The maximum absolute atomic E-state index is 12.1. The molecule has 27 heavy (non-hydrogen) atoms. The van der Waals surface area contributed by atoms with E-state index >= 15 is 0 Å². The van der Waals surface area contributed by atoms with Gasteiger partial charge in [-0.1, -0.05) is 0 Å². The number of nitrogens with one attached hydrogen (secondary N) is 1. The average molecular weight is 435 g/mol. The fourth-order valence-electron chi connectivity index (χ4n) is 2.94. The van der Waals surface area contributed by atoms with E-state index in [1.54, 1.807) is 26.4 Å². The number of nitrogens with zero attached hydrogens (tertiary/aromatic N) is 1. The van der Waals surface area contributed by atoms with Gasteiger partial charge in [-0.3, -0.25) is 0 Å². The van der Waals surface area contributed by atoms with Gasteiger partial charge in [-0.25, -0.2) is 0 Å². The first-order chi connectivity index (χ1) is 13.0. The summed E-state index contributed by atoms with van der Waals surface area (Å²) in [5.74, 6) is 3.22. The van der Waals surface area contributed by atoms with Crippen molar-refractivity contribution in [2.45, 2.75) is 5.82 Å². The molecule has 0 saturated carbocycles. The van der Waals surface area contributed by atoms with Crippen LogP contribution >= 0.6 is 0 Å². The molecule has 1 aliphatic rings. The maximum atomic E-state index is 12.1. The van der Waals surface area contributed by atoms with Crippen LogP contribution in [0.25, 0.3) is 0 Å². The zero-order chi connectivity index (χ0) is 19.6. The Kier molecular flexibility index (Phi) is 5.58. The predicted octanol–water partition coefficient (Wildman–Crippen LogP) is 1.59. The van der Waals surface area contributed by atoms with Crippen LogP contribution in [0.4, 0.5) is 5.69 Å². The van der Waals surface area contributed by atoms with Gasteiger partial charge >= 0.3 is 163 Å². The molecule has 0 atom stereocenters. The molecule has 0 bridgehead atoms. The average Bonchev–Trinajstić information content (AvgIpc) is 2.86. The van der Waals surface area contributed by atoms with Crippen LogP contribution in [0.5, 0.6) is 23.0 Å². The van der Waals surface area contributed by atoms with Gasteiger partial charge < -0.3 is 0 Å². The molecule has 0 aliphatic carbocycles. The Morgan fingerprint density at radius 1 is 1.11 bits per heavy atom. The zero-order valence-corrected chi connectivity index (χ0v) is 17.2. The van der Waals surface area contributed by atoms with E-state index in [4.69, 9.17) is 14.2 Å². The number of aromatic hydroxyl groups is 1. The molecular weight excluding hydrogens is 415 g/mol. The van der Waals surface area contributed by atoms with Gasteiger partial charge in [0.1, 0.15) is 0 Å². The first-order valence-corrected chi connectivity index (χ1v) is 10.7. The molecule has 8 heteroatoms. The van der Waals surface area contributed by atoms with Gasteiger partial charge in [0.2, 0.25) is 0 Å². The second-order valence-corrected chi connectivity index (χ2v) is 7.45. The molecule has 2 aromatic carbocycles. The molecule has 0 unspecified atom stereocenters. The summed E-state index contributed by atoms with van der Waals surface area (Å²) in [5, 5.41) is 13.2. The van der Waals surface area contributed by atoms with Crippen LogP contribution in [-0.4, -0.2) is 59.6 Å². The van der Waals surface area contributed by atoms with Crippen molar-refractivity contribution < 1.29 is 24.1 Å². The van der Waals surface area contributed by atoms with E-state index in [1.165, 1.54) is 7.11 Å². The summed E-state index contributed by atoms with van der Waals surface area (Å²) in [4.78, 5) is 16.6. The molecule has 0 saturated heterocycles. The number of benzene rings is 2. The van der Waals surface area contributed by atoms with E-state index in [0.717, 1.165) is 10.0 Å². The topological polar surface area (TPSA) is 89.4 Å². The van der Waals surface area contributed by atoms with Crippen LogP contribution in [0.15, 0.2) is 29.3 Å². The Balaban J connectivity index is 2.24. The third-order valence-electron chi connectivity index (χ3n) is 4.20. The number of amides is 1. The number of phenols is 1. The van der Waals surface area contributed by atoms with Crippen LogP contribution in [0.2, 0.25) is 5.82 Å². The van der Waals surface area contributed by atoms with E-state index in [0.29, 0.717) is 22.8 Å². The Labute approximate surface area is 163 Å². The van der Waals surface area contributed by atoms with Gasteiger partial charge in [0.15, 0.2) is 0 Å². The molecule has 0 aromatic heterocycles. The van der Waals surface area contributed by atoms with Crippen LogP contribution in [0.3, 0.4) is 0 Å². The summed E-state index contributed by atoms with van der Waals surface area (Å²) in [5.41, 5.74) is 2.27. The number of anilines is 1. The molecule has 1 amide bonds. The summed E-state index contributed by atoms with van der Waals surface area (Å²) < 4.78 is 17.2.